The Hall–Kier alpha value is -2.50. The maximum atomic E-state index is 12.5. The van der Waals surface area contributed by atoms with Crippen molar-refractivity contribution in [3.63, 3.8) is 0 Å². The fourth-order valence-corrected chi connectivity index (χ4v) is 2.86. The zero-order valence-corrected chi connectivity index (χ0v) is 14.9. The van der Waals surface area contributed by atoms with Crippen LogP contribution in [0.15, 0.2) is 40.5 Å². The molecule has 1 aromatic carbocycles. The molecule has 0 aromatic heterocycles. The molecule has 1 aromatic rings. The van der Waals surface area contributed by atoms with Crippen LogP contribution in [0.3, 0.4) is 0 Å². The molecule has 0 saturated carbocycles. The lowest BCUT2D eigenvalue weighted by atomic mass is 9.94. The van der Waals surface area contributed by atoms with Gasteiger partial charge in [0, 0.05) is 19.4 Å². The van der Waals surface area contributed by atoms with E-state index >= 15 is 0 Å². The average Bonchev–Trinajstić information content (AvgIpc) is 2.93. The van der Waals surface area contributed by atoms with E-state index in [0.717, 1.165) is 17.0 Å². The molecule has 1 amide bonds. The first-order valence-electron chi connectivity index (χ1n) is 8.53. The number of ketones is 1. The van der Waals surface area contributed by atoms with Crippen molar-refractivity contribution in [2.24, 2.45) is 10.2 Å². The molecule has 2 aliphatic rings. The van der Waals surface area contributed by atoms with Crippen molar-refractivity contribution in [3.8, 4) is 0 Å². The molecule has 0 radical (unpaired) electrons. The fraction of sp³-hybridized carbons (Fsp3) is 0.474. The summed E-state index contributed by atoms with van der Waals surface area (Å²) in [5.41, 5.74) is 2.09. The molecule has 6 nitrogen and oxygen atoms in total. The highest BCUT2D eigenvalue weighted by Crippen LogP contribution is 2.24. The Morgan fingerprint density at radius 3 is 2.52 bits per heavy atom. The van der Waals surface area contributed by atoms with Crippen LogP contribution in [-0.4, -0.2) is 46.4 Å². The van der Waals surface area contributed by atoms with Gasteiger partial charge < -0.3 is 4.74 Å². The fourth-order valence-electron chi connectivity index (χ4n) is 2.86. The molecule has 1 fully saturated rings. The lowest BCUT2D eigenvalue weighted by Gasteiger charge is -2.40. The van der Waals surface area contributed by atoms with Gasteiger partial charge in [0.1, 0.15) is 5.60 Å². The van der Waals surface area contributed by atoms with Crippen LogP contribution in [0.5, 0.6) is 0 Å². The zero-order chi connectivity index (χ0) is 18.0. The van der Waals surface area contributed by atoms with E-state index in [0.29, 0.717) is 19.4 Å². The van der Waals surface area contributed by atoms with Gasteiger partial charge >= 0.3 is 6.09 Å². The van der Waals surface area contributed by atoms with E-state index < -0.39 is 17.7 Å². The van der Waals surface area contributed by atoms with Crippen molar-refractivity contribution in [1.82, 2.24) is 4.90 Å². The van der Waals surface area contributed by atoms with Crippen molar-refractivity contribution in [1.29, 1.82) is 0 Å². The molecule has 0 aliphatic carbocycles. The number of carbonyl (C=O) groups excluding carboxylic acids is 2. The van der Waals surface area contributed by atoms with E-state index in [2.05, 4.69) is 10.2 Å². The Kier molecular flexibility index (Phi) is 4.70. The molecule has 25 heavy (non-hydrogen) atoms. The van der Waals surface area contributed by atoms with Gasteiger partial charge in [-0.05, 0) is 32.8 Å². The summed E-state index contributed by atoms with van der Waals surface area (Å²) in [4.78, 5) is 26.2. The van der Waals surface area contributed by atoms with Crippen LogP contribution < -0.4 is 0 Å². The maximum absolute atomic E-state index is 12.5. The Morgan fingerprint density at radius 1 is 1.20 bits per heavy atom. The van der Waals surface area contributed by atoms with Crippen LogP contribution in [0.25, 0.3) is 0 Å². The topological polar surface area (TPSA) is 71.3 Å². The largest absolute Gasteiger partial charge is 0.444 e. The summed E-state index contributed by atoms with van der Waals surface area (Å²) < 4.78 is 5.35. The molecule has 2 aliphatic heterocycles. The third-order valence-corrected chi connectivity index (χ3v) is 4.19. The third-order valence-electron chi connectivity index (χ3n) is 4.19. The smallest absolute Gasteiger partial charge is 0.410 e. The highest BCUT2D eigenvalue weighted by molar-refractivity contribution is 6.19. The SMILES string of the molecule is CC(C)(C)OC(=O)N1CC[C@H]1C(=O)CC1=NN=C(c2ccccc2)C1. The average molecular weight is 341 g/mol. The highest BCUT2D eigenvalue weighted by atomic mass is 16.6. The van der Waals surface area contributed by atoms with Crippen molar-refractivity contribution in [3.05, 3.63) is 35.9 Å². The zero-order valence-electron chi connectivity index (χ0n) is 14.9. The second-order valence-corrected chi connectivity index (χ2v) is 7.38. The number of ether oxygens (including phenoxy) is 1. The van der Waals surface area contributed by atoms with E-state index in [9.17, 15) is 9.59 Å². The number of benzene rings is 1. The van der Waals surface area contributed by atoms with Gasteiger partial charge in [-0.3, -0.25) is 9.69 Å². The first-order chi connectivity index (χ1) is 11.8. The minimum atomic E-state index is -0.561. The molecule has 0 spiro atoms. The van der Waals surface area contributed by atoms with Crippen molar-refractivity contribution in [2.45, 2.75) is 51.7 Å². The van der Waals surface area contributed by atoms with E-state index in [-0.39, 0.29) is 12.2 Å². The molecular weight excluding hydrogens is 318 g/mol. The predicted octanol–water partition coefficient (Wildman–Crippen LogP) is 3.20. The van der Waals surface area contributed by atoms with Crippen molar-refractivity contribution < 1.29 is 14.3 Å². The Bertz CT molecular complexity index is 732. The second kappa shape index (κ2) is 6.78. The van der Waals surface area contributed by atoms with Crippen molar-refractivity contribution in [2.75, 3.05) is 6.54 Å². The van der Waals surface area contributed by atoms with Crippen LogP contribution in [0.4, 0.5) is 4.79 Å². The molecule has 3 rings (SSSR count). The number of nitrogens with zero attached hydrogens (tertiary/aromatic N) is 3. The Morgan fingerprint density at radius 2 is 1.92 bits per heavy atom. The Balaban J connectivity index is 1.53. The summed E-state index contributed by atoms with van der Waals surface area (Å²) in [5.74, 6) is 0.000343. The minimum absolute atomic E-state index is 0.000343. The van der Waals surface area contributed by atoms with Crippen LogP contribution in [0.2, 0.25) is 0 Å². The normalized spacial score (nSPS) is 19.8. The molecule has 0 bridgehead atoms. The molecule has 0 unspecified atom stereocenters. The van der Waals surface area contributed by atoms with E-state index in [1.54, 1.807) is 0 Å². The summed E-state index contributed by atoms with van der Waals surface area (Å²) in [7, 11) is 0. The number of hydrogen-bond acceptors (Lipinski definition) is 5. The summed E-state index contributed by atoms with van der Waals surface area (Å²) in [6.07, 6.45) is 1.06. The number of likely N-dealkylation sites (tertiary alicyclic amines) is 1. The minimum Gasteiger partial charge on any atom is -0.444 e. The lowest BCUT2D eigenvalue weighted by Crippen LogP contribution is -2.56. The molecular formula is C19H23N3O3. The number of hydrogen-bond donors (Lipinski definition) is 0. The summed E-state index contributed by atoms with van der Waals surface area (Å²) in [6, 6.07) is 9.41. The van der Waals surface area contributed by atoms with Gasteiger partial charge in [0.25, 0.3) is 0 Å². The summed E-state index contributed by atoms with van der Waals surface area (Å²) in [6.45, 7) is 6.01. The number of carbonyl (C=O) groups is 2. The number of amides is 1. The van der Waals surface area contributed by atoms with Gasteiger partial charge in [0.15, 0.2) is 5.78 Å². The van der Waals surface area contributed by atoms with Crippen LogP contribution in [0, 0.1) is 0 Å². The van der Waals surface area contributed by atoms with Gasteiger partial charge in [0.05, 0.1) is 17.5 Å². The highest BCUT2D eigenvalue weighted by Gasteiger charge is 2.40. The van der Waals surface area contributed by atoms with Crippen molar-refractivity contribution >= 4 is 23.3 Å². The van der Waals surface area contributed by atoms with Gasteiger partial charge in [-0.1, -0.05) is 30.3 Å². The molecule has 2 heterocycles. The molecule has 0 N–H and O–H groups in total. The molecule has 132 valence electrons. The third kappa shape index (κ3) is 4.13. The molecule has 6 heteroatoms. The molecule has 1 saturated heterocycles. The van der Waals surface area contributed by atoms with Crippen LogP contribution in [0.1, 0.15) is 45.6 Å². The van der Waals surface area contributed by atoms with Crippen LogP contribution in [-0.2, 0) is 9.53 Å². The van der Waals surface area contributed by atoms with Crippen LogP contribution >= 0.6 is 0 Å². The van der Waals surface area contributed by atoms with E-state index in [1.165, 1.54) is 4.90 Å². The van der Waals surface area contributed by atoms with E-state index in [1.807, 2.05) is 51.1 Å². The van der Waals surface area contributed by atoms with Gasteiger partial charge in [-0.2, -0.15) is 10.2 Å². The quantitative estimate of drug-likeness (QED) is 0.844. The predicted molar refractivity (Wildman–Crippen MR) is 96.0 cm³/mol. The first-order valence-corrected chi connectivity index (χ1v) is 8.53. The van der Waals surface area contributed by atoms with Gasteiger partial charge in [0.2, 0.25) is 0 Å². The molecule has 1 atom stereocenters. The maximum Gasteiger partial charge on any atom is 0.410 e. The van der Waals surface area contributed by atoms with Gasteiger partial charge in [-0.15, -0.1) is 0 Å². The summed E-state index contributed by atoms with van der Waals surface area (Å²) >= 11 is 0. The number of Topliss-reactive ketones (excluding diaryl/α,β-unsaturated/α-hetero) is 1. The standard InChI is InChI=1S/C19H23N3O3/c1-19(2,3)25-18(24)22-10-9-16(22)17(23)12-14-11-15(21-20-14)13-7-5-4-6-8-13/h4-8,16H,9-12H2,1-3H3/t16-/m0/s1. The monoisotopic (exact) mass is 341 g/mol. The number of rotatable bonds is 4. The Labute approximate surface area is 147 Å². The van der Waals surface area contributed by atoms with E-state index in [4.69, 9.17) is 4.74 Å². The second-order valence-electron chi connectivity index (χ2n) is 7.38. The lowest BCUT2D eigenvalue weighted by molar-refractivity contribution is -0.127. The summed E-state index contributed by atoms with van der Waals surface area (Å²) in [5, 5.41) is 8.35. The first kappa shape index (κ1) is 17.3. The van der Waals surface area contributed by atoms with Gasteiger partial charge in [-0.25, -0.2) is 4.79 Å².